The minimum absolute atomic E-state index is 0.261. The van der Waals surface area contributed by atoms with Crippen molar-refractivity contribution >= 4 is 23.5 Å². The number of carbonyl (C=O) groups excluding carboxylic acids is 1. The molecule has 0 atom stereocenters. The van der Waals surface area contributed by atoms with E-state index in [1.807, 2.05) is 0 Å². The van der Waals surface area contributed by atoms with Crippen LogP contribution in [0.1, 0.15) is 5.56 Å². The highest BCUT2D eigenvalue weighted by molar-refractivity contribution is 7.99. The molecule has 2 aromatic carbocycles. The Morgan fingerprint density at radius 2 is 1.69 bits per heavy atom. The third kappa shape index (κ3) is 6.72. The zero-order valence-electron chi connectivity index (χ0n) is 14.9. The van der Waals surface area contributed by atoms with Crippen LogP contribution in [0.5, 0.6) is 5.75 Å². The van der Waals surface area contributed by atoms with Crippen LogP contribution in [0.15, 0.2) is 82.8 Å². The maximum Gasteiger partial charge on any atom is 0.573 e. The molecular formula is C20H16F3N3O2S. The Balaban J connectivity index is 1.57. The zero-order chi connectivity index (χ0) is 20.7. The minimum atomic E-state index is -4.76. The molecule has 3 rings (SSSR count). The van der Waals surface area contributed by atoms with E-state index in [0.717, 1.165) is 17.3 Å². The first-order valence-electron chi connectivity index (χ1n) is 8.45. The van der Waals surface area contributed by atoms with Gasteiger partial charge in [-0.1, -0.05) is 23.9 Å². The molecule has 1 aromatic heterocycles. The number of nitrogens with zero attached hydrogens (tertiary/aromatic N) is 1. The summed E-state index contributed by atoms with van der Waals surface area (Å²) in [6.07, 6.45) is -1.47. The van der Waals surface area contributed by atoms with Crippen LogP contribution in [0.4, 0.5) is 23.7 Å². The number of aromatic nitrogens is 1. The number of carbonyl (C=O) groups is 1. The summed E-state index contributed by atoms with van der Waals surface area (Å²) in [7, 11) is 0. The van der Waals surface area contributed by atoms with Gasteiger partial charge in [-0.25, -0.2) is 4.79 Å². The van der Waals surface area contributed by atoms with Crippen LogP contribution in [0.25, 0.3) is 0 Å². The van der Waals surface area contributed by atoms with Crippen LogP contribution in [0, 0.1) is 0 Å². The lowest BCUT2D eigenvalue weighted by atomic mass is 10.3. The van der Waals surface area contributed by atoms with E-state index >= 15 is 0 Å². The summed E-state index contributed by atoms with van der Waals surface area (Å²) in [6.45, 7) is 0.359. The largest absolute Gasteiger partial charge is 0.573 e. The molecule has 0 aliphatic rings. The summed E-state index contributed by atoms with van der Waals surface area (Å²) >= 11 is 1.13. The van der Waals surface area contributed by atoms with Crippen molar-refractivity contribution in [3.8, 4) is 5.75 Å². The van der Waals surface area contributed by atoms with Crippen molar-refractivity contribution in [2.24, 2.45) is 0 Å². The number of urea groups is 1. The fraction of sp³-hybridized carbons (Fsp3) is 0.100. The van der Waals surface area contributed by atoms with Gasteiger partial charge in [-0.05, 0) is 54.1 Å². The third-order valence-electron chi connectivity index (χ3n) is 3.62. The molecular weight excluding hydrogens is 403 g/mol. The Morgan fingerprint density at radius 1 is 1.00 bits per heavy atom. The second-order valence-electron chi connectivity index (χ2n) is 5.78. The summed E-state index contributed by atoms with van der Waals surface area (Å²) in [4.78, 5) is 16.9. The van der Waals surface area contributed by atoms with Gasteiger partial charge < -0.3 is 15.4 Å². The van der Waals surface area contributed by atoms with E-state index in [9.17, 15) is 18.0 Å². The van der Waals surface area contributed by atoms with E-state index in [1.54, 1.807) is 60.9 Å². The lowest BCUT2D eigenvalue weighted by Gasteiger charge is -2.13. The first-order chi connectivity index (χ1) is 13.9. The highest BCUT2D eigenvalue weighted by atomic mass is 32.2. The molecule has 3 aromatic rings. The normalized spacial score (nSPS) is 11.0. The average molecular weight is 419 g/mol. The molecule has 150 valence electrons. The van der Waals surface area contributed by atoms with Crippen molar-refractivity contribution in [3.05, 3.63) is 78.6 Å². The number of ether oxygens (including phenoxy) is 1. The van der Waals surface area contributed by atoms with E-state index in [0.29, 0.717) is 22.0 Å². The summed E-state index contributed by atoms with van der Waals surface area (Å²) in [5.41, 5.74) is 1.48. The van der Waals surface area contributed by atoms with E-state index in [1.165, 1.54) is 12.1 Å². The van der Waals surface area contributed by atoms with Gasteiger partial charge in [-0.15, -0.1) is 13.2 Å². The highest BCUT2D eigenvalue weighted by Crippen LogP contribution is 2.37. The predicted octanol–water partition coefficient (Wildman–Crippen LogP) is 5.45. The van der Waals surface area contributed by atoms with Crippen molar-refractivity contribution in [3.63, 3.8) is 0 Å². The summed E-state index contributed by atoms with van der Waals surface area (Å²) in [5, 5.41) is 5.42. The summed E-state index contributed by atoms with van der Waals surface area (Å²) in [6, 6.07) is 15.9. The Bertz CT molecular complexity index is 951. The molecule has 0 aliphatic heterocycles. The Labute approximate surface area is 169 Å². The van der Waals surface area contributed by atoms with Crippen LogP contribution >= 0.6 is 11.8 Å². The van der Waals surface area contributed by atoms with Crippen molar-refractivity contribution in [2.45, 2.75) is 22.7 Å². The topological polar surface area (TPSA) is 63.2 Å². The summed E-state index contributed by atoms with van der Waals surface area (Å²) < 4.78 is 41.6. The first-order valence-corrected chi connectivity index (χ1v) is 9.27. The standard InChI is InChI=1S/C20H16F3N3O2S/c21-20(22,23)28-17-3-1-2-4-18(17)29-16-7-5-15(6-8-16)26-19(27)25-13-14-9-11-24-12-10-14/h1-12H,13H2,(H2,25,26,27). The SMILES string of the molecule is O=C(NCc1ccncc1)Nc1ccc(Sc2ccccc2OC(F)(F)F)cc1. The highest BCUT2D eigenvalue weighted by Gasteiger charge is 2.32. The first kappa shape index (κ1) is 20.5. The molecule has 1 heterocycles. The number of pyridine rings is 1. The van der Waals surface area contributed by atoms with Gasteiger partial charge in [0.05, 0.1) is 4.90 Å². The van der Waals surface area contributed by atoms with Gasteiger partial charge in [-0.3, -0.25) is 4.98 Å². The number of amides is 2. The number of para-hydroxylation sites is 1. The molecule has 0 bridgehead atoms. The molecule has 5 nitrogen and oxygen atoms in total. The second-order valence-corrected chi connectivity index (χ2v) is 6.90. The second kappa shape index (κ2) is 9.33. The van der Waals surface area contributed by atoms with Crippen molar-refractivity contribution in [2.75, 3.05) is 5.32 Å². The predicted molar refractivity (Wildman–Crippen MR) is 104 cm³/mol. The molecule has 0 aliphatic carbocycles. The van der Waals surface area contributed by atoms with Crippen LogP contribution < -0.4 is 15.4 Å². The molecule has 2 N–H and O–H groups in total. The molecule has 29 heavy (non-hydrogen) atoms. The van der Waals surface area contributed by atoms with E-state index < -0.39 is 6.36 Å². The van der Waals surface area contributed by atoms with E-state index in [-0.39, 0.29) is 11.8 Å². The van der Waals surface area contributed by atoms with Gasteiger partial charge in [0.25, 0.3) is 0 Å². The lowest BCUT2D eigenvalue weighted by molar-refractivity contribution is -0.275. The molecule has 0 saturated heterocycles. The number of anilines is 1. The minimum Gasteiger partial charge on any atom is -0.405 e. The van der Waals surface area contributed by atoms with E-state index in [2.05, 4.69) is 20.4 Å². The lowest BCUT2D eigenvalue weighted by Crippen LogP contribution is -2.28. The van der Waals surface area contributed by atoms with E-state index in [4.69, 9.17) is 0 Å². The van der Waals surface area contributed by atoms with Crippen LogP contribution in [0.2, 0.25) is 0 Å². The van der Waals surface area contributed by atoms with Crippen LogP contribution in [-0.2, 0) is 6.54 Å². The number of hydrogen-bond acceptors (Lipinski definition) is 4. The zero-order valence-corrected chi connectivity index (χ0v) is 15.8. The van der Waals surface area contributed by atoms with Gasteiger partial charge in [-0.2, -0.15) is 0 Å². The van der Waals surface area contributed by atoms with Crippen LogP contribution in [-0.4, -0.2) is 17.4 Å². The van der Waals surface area contributed by atoms with Crippen LogP contribution in [0.3, 0.4) is 0 Å². The van der Waals surface area contributed by atoms with Gasteiger partial charge in [0.1, 0.15) is 5.75 Å². The van der Waals surface area contributed by atoms with Crippen molar-refractivity contribution in [1.82, 2.24) is 10.3 Å². The maximum absolute atomic E-state index is 12.5. The monoisotopic (exact) mass is 419 g/mol. The Morgan fingerprint density at radius 3 is 2.38 bits per heavy atom. The number of halogens is 3. The molecule has 0 saturated carbocycles. The smallest absolute Gasteiger partial charge is 0.405 e. The molecule has 0 spiro atoms. The number of rotatable bonds is 6. The van der Waals surface area contributed by atoms with Crippen molar-refractivity contribution < 1.29 is 22.7 Å². The molecule has 0 fully saturated rings. The Hall–Kier alpha value is -3.20. The fourth-order valence-corrected chi connectivity index (χ4v) is 3.22. The number of hydrogen-bond donors (Lipinski definition) is 2. The number of alkyl halides is 3. The molecule has 0 unspecified atom stereocenters. The molecule has 2 amide bonds. The van der Waals surface area contributed by atoms with Gasteiger partial charge in [0, 0.05) is 29.5 Å². The van der Waals surface area contributed by atoms with Gasteiger partial charge >= 0.3 is 12.4 Å². The number of nitrogens with one attached hydrogen (secondary N) is 2. The third-order valence-corrected chi connectivity index (χ3v) is 4.68. The Kier molecular flexibility index (Phi) is 6.61. The maximum atomic E-state index is 12.5. The summed E-state index contributed by atoms with van der Waals surface area (Å²) in [5.74, 6) is -0.261. The van der Waals surface area contributed by atoms with Gasteiger partial charge in [0.2, 0.25) is 0 Å². The number of benzene rings is 2. The quantitative estimate of drug-likeness (QED) is 0.558. The molecule has 0 radical (unpaired) electrons. The van der Waals surface area contributed by atoms with Crippen molar-refractivity contribution in [1.29, 1.82) is 0 Å². The average Bonchev–Trinajstić information content (AvgIpc) is 2.69. The van der Waals surface area contributed by atoms with Gasteiger partial charge in [0.15, 0.2) is 0 Å². The molecule has 9 heteroatoms. The fourth-order valence-electron chi connectivity index (χ4n) is 2.34.